The van der Waals surface area contributed by atoms with E-state index in [4.69, 9.17) is 16.3 Å². The van der Waals surface area contributed by atoms with Gasteiger partial charge in [0, 0.05) is 27.4 Å². The van der Waals surface area contributed by atoms with Gasteiger partial charge in [0.15, 0.2) is 0 Å². The van der Waals surface area contributed by atoms with Crippen LogP contribution < -0.4 is 15.8 Å². The van der Waals surface area contributed by atoms with Gasteiger partial charge in [-0.25, -0.2) is 9.69 Å². The fraction of sp³-hybridized carbons (Fsp3) is 0.409. The second-order valence-corrected chi connectivity index (χ2v) is 8.69. The van der Waals surface area contributed by atoms with Crippen LogP contribution in [0.15, 0.2) is 29.1 Å². The Bertz CT molecular complexity index is 1260. The van der Waals surface area contributed by atoms with Gasteiger partial charge in [0.05, 0.1) is 12.1 Å². The lowest BCUT2D eigenvalue weighted by Gasteiger charge is -2.20. The molecule has 2 atom stereocenters. The highest BCUT2D eigenvalue weighted by atomic mass is 35.5. The van der Waals surface area contributed by atoms with Gasteiger partial charge in [-0.05, 0) is 50.5 Å². The van der Waals surface area contributed by atoms with Crippen molar-refractivity contribution in [3.63, 3.8) is 0 Å². The number of aromatic amines is 1. The summed E-state index contributed by atoms with van der Waals surface area (Å²) in [7, 11) is 0. The number of H-pyrrole nitrogens is 1. The molecule has 1 aromatic carbocycles. The van der Waals surface area contributed by atoms with E-state index in [0.29, 0.717) is 34.5 Å². The molecule has 32 heavy (non-hydrogen) atoms. The Morgan fingerprint density at radius 2 is 2.06 bits per heavy atom. The summed E-state index contributed by atoms with van der Waals surface area (Å²) in [5, 5.41) is 4.65. The molecule has 2 aromatic heterocycles. The minimum Gasteiger partial charge on any atom is -0.447 e. The van der Waals surface area contributed by atoms with Crippen molar-refractivity contribution in [2.45, 2.75) is 51.1 Å². The summed E-state index contributed by atoms with van der Waals surface area (Å²) < 4.78 is 5.21. The van der Waals surface area contributed by atoms with Crippen molar-refractivity contribution >= 4 is 40.5 Å². The van der Waals surface area contributed by atoms with Crippen molar-refractivity contribution in [3.05, 3.63) is 51.0 Å². The summed E-state index contributed by atoms with van der Waals surface area (Å²) in [5.74, 6) is 1.52. The highest BCUT2D eigenvalue weighted by molar-refractivity contribution is 6.31. The van der Waals surface area contributed by atoms with E-state index in [1.807, 2.05) is 19.9 Å². The molecule has 2 N–H and O–H groups in total. The summed E-state index contributed by atoms with van der Waals surface area (Å²) in [4.78, 5) is 43.0. The number of halogens is 1. The van der Waals surface area contributed by atoms with Gasteiger partial charge in [0.2, 0.25) is 11.9 Å². The number of rotatable bonds is 6. The van der Waals surface area contributed by atoms with Gasteiger partial charge in [0.1, 0.15) is 12.4 Å². The number of nitrogens with zero attached hydrogens (tertiary/aromatic N) is 4. The number of anilines is 2. The normalized spacial score (nSPS) is 19.3. The number of carbonyl (C=O) groups excluding carboxylic acids is 1. The van der Waals surface area contributed by atoms with Gasteiger partial charge in [0.25, 0.3) is 5.56 Å². The van der Waals surface area contributed by atoms with Crippen LogP contribution in [0.2, 0.25) is 5.02 Å². The Kier molecular flexibility index (Phi) is 5.21. The Morgan fingerprint density at radius 3 is 2.81 bits per heavy atom. The highest BCUT2D eigenvalue weighted by Gasteiger charge is 2.37. The molecule has 5 rings (SSSR count). The molecule has 1 saturated carbocycles. The summed E-state index contributed by atoms with van der Waals surface area (Å²) in [6.07, 6.45) is 2.28. The smallest absolute Gasteiger partial charge is 0.417 e. The van der Waals surface area contributed by atoms with Crippen molar-refractivity contribution in [3.8, 4) is 0 Å². The van der Waals surface area contributed by atoms with Gasteiger partial charge in [-0.2, -0.15) is 15.0 Å². The maximum Gasteiger partial charge on any atom is 0.417 e. The Labute approximate surface area is 189 Å². The van der Waals surface area contributed by atoms with Crippen molar-refractivity contribution in [2.24, 2.45) is 0 Å². The second-order valence-electron chi connectivity index (χ2n) is 8.25. The van der Waals surface area contributed by atoms with Gasteiger partial charge in [-0.15, -0.1) is 0 Å². The Morgan fingerprint density at radius 1 is 1.25 bits per heavy atom. The van der Waals surface area contributed by atoms with E-state index in [9.17, 15) is 9.59 Å². The molecule has 0 unspecified atom stereocenters. The third kappa shape index (κ3) is 3.88. The molecule has 1 aliphatic carbocycles. The zero-order valence-corrected chi connectivity index (χ0v) is 18.5. The number of carbonyl (C=O) groups is 1. The van der Waals surface area contributed by atoms with Crippen molar-refractivity contribution in [1.82, 2.24) is 19.9 Å². The first-order chi connectivity index (χ1) is 15.4. The lowest BCUT2D eigenvalue weighted by Crippen LogP contribution is -2.35. The molecule has 2 aliphatic rings. The standard InChI is InChI=1S/C22H23ClN6O3/c1-3-15-10-32-22(31)29(15)21-27-18(12-4-5-12)26-20(28-21)24-11(2)16-9-13-8-14(23)6-7-17(13)25-19(16)30/h6-9,11-12,15H,3-5,10H2,1-2H3,(H,25,30)(H,24,26,27,28)/t11-,15-/m0/s1. The number of amides is 1. The fourth-order valence-electron chi connectivity index (χ4n) is 3.87. The molecule has 166 valence electrons. The zero-order valence-electron chi connectivity index (χ0n) is 17.8. The van der Waals surface area contributed by atoms with Crippen LogP contribution in [0.5, 0.6) is 0 Å². The average Bonchev–Trinajstić information content (AvgIpc) is 3.55. The highest BCUT2D eigenvalue weighted by Crippen LogP contribution is 2.39. The predicted molar refractivity (Wildman–Crippen MR) is 121 cm³/mol. The van der Waals surface area contributed by atoms with E-state index in [0.717, 1.165) is 24.6 Å². The van der Waals surface area contributed by atoms with E-state index < -0.39 is 12.1 Å². The summed E-state index contributed by atoms with van der Waals surface area (Å²) >= 11 is 6.11. The molecular weight excluding hydrogens is 432 g/mol. The predicted octanol–water partition coefficient (Wildman–Crippen LogP) is 4.15. The number of hydrogen-bond acceptors (Lipinski definition) is 7. The average molecular weight is 455 g/mol. The number of benzene rings is 1. The molecule has 9 nitrogen and oxygen atoms in total. The van der Waals surface area contributed by atoms with Crippen LogP contribution in [0, 0.1) is 0 Å². The van der Waals surface area contributed by atoms with Crippen LogP contribution >= 0.6 is 11.6 Å². The fourth-order valence-corrected chi connectivity index (χ4v) is 4.05. The lowest BCUT2D eigenvalue weighted by molar-refractivity contribution is 0.178. The quantitative estimate of drug-likeness (QED) is 0.575. The summed E-state index contributed by atoms with van der Waals surface area (Å²) in [6.45, 7) is 4.16. The van der Waals surface area contributed by atoms with Gasteiger partial charge < -0.3 is 15.0 Å². The minimum absolute atomic E-state index is 0.115. The third-order valence-electron chi connectivity index (χ3n) is 5.88. The molecule has 0 radical (unpaired) electrons. The van der Waals surface area contributed by atoms with Gasteiger partial charge in [-0.3, -0.25) is 4.79 Å². The molecule has 1 amide bonds. The Balaban J connectivity index is 1.49. The number of fused-ring (bicyclic) bond motifs is 1. The molecule has 1 aliphatic heterocycles. The molecule has 0 bridgehead atoms. The first-order valence-electron chi connectivity index (χ1n) is 10.7. The number of hydrogen-bond donors (Lipinski definition) is 2. The zero-order chi connectivity index (χ0) is 22.4. The monoisotopic (exact) mass is 454 g/mol. The lowest BCUT2D eigenvalue weighted by atomic mass is 10.1. The third-order valence-corrected chi connectivity index (χ3v) is 6.11. The SMILES string of the molecule is CC[C@H]1COC(=O)N1c1nc(N[C@@H](C)c2cc3cc(Cl)ccc3[nH]c2=O)nc(C2CC2)n1. The second kappa shape index (κ2) is 8.05. The first kappa shape index (κ1) is 20.7. The molecule has 3 heterocycles. The van der Waals surface area contributed by atoms with Gasteiger partial charge >= 0.3 is 6.09 Å². The van der Waals surface area contributed by atoms with E-state index in [-0.39, 0.29) is 23.5 Å². The van der Waals surface area contributed by atoms with Gasteiger partial charge in [-0.1, -0.05) is 18.5 Å². The van der Waals surface area contributed by atoms with E-state index in [1.54, 1.807) is 18.2 Å². The molecule has 3 aromatic rings. The van der Waals surface area contributed by atoms with Crippen LogP contribution in [0.3, 0.4) is 0 Å². The summed E-state index contributed by atoms with van der Waals surface area (Å²) in [6, 6.07) is 6.62. The van der Waals surface area contributed by atoms with Crippen LogP contribution in [0.1, 0.15) is 56.5 Å². The molecule has 2 fully saturated rings. The minimum atomic E-state index is -0.452. The van der Waals surface area contributed by atoms with Crippen LogP contribution in [-0.4, -0.2) is 38.7 Å². The molecule has 10 heteroatoms. The number of ether oxygens (including phenoxy) is 1. The van der Waals surface area contributed by atoms with Crippen LogP contribution in [0.25, 0.3) is 10.9 Å². The number of aromatic nitrogens is 4. The number of pyridine rings is 1. The maximum atomic E-state index is 12.7. The van der Waals surface area contributed by atoms with Crippen LogP contribution in [0.4, 0.5) is 16.7 Å². The van der Waals surface area contributed by atoms with Crippen molar-refractivity contribution in [2.75, 3.05) is 16.8 Å². The largest absolute Gasteiger partial charge is 0.447 e. The molecule has 0 spiro atoms. The van der Waals surface area contributed by atoms with E-state index in [1.165, 1.54) is 4.90 Å². The topological polar surface area (TPSA) is 113 Å². The van der Waals surface area contributed by atoms with Crippen molar-refractivity contribution < 1.29 is 9.53 Å². The number of nitrogens with one attached hydrogen (secondary N) is 2. The van der Waals surface area contributed by atoms with E-state index in [2.05, 4.69) is 25.3 Å². The van der Waals surface area contributed by atoms with Crippen LogP contribution in [-0.2, 0) is 4.74 Å². The first-order valence-corrected chi connectivity index (χ1v) is 11.1. The van der Waals surface area contributed by atoms with Crippen molar-refractivity contribution in [1.29, 1.82) is 0 Å². The number of cyclic esters (lactones) is 1. The Hall–Kier alpha value is -3.20. The molecular formula is C22H23ClN6O3. The molecule has 1 saturated heterocycles. The maximum absolute atomic E-state index is 12.7. The van der Waals surface area contributed by atoms with E-state index >= 15 is 0 Å². The summed E-state index contributed by atoms with van der Waals surface area (Å²) in [5.41, 5.74) is 1.04.